The molecule has 0 saturated heterocycles. The van der Waals surface area contributed by atoms with Crippen molar-refractivity contribution < 1.29 is 9.59 Å². The van der Waals surface area contributed by atoms with Crippen molar-refractivity contribution in [1.82, 2.24) is 10.3 Å². The largest absolute Gasteiger partial charge is 0.352 e. The number of amides is 2. The van der Waals surface area contributed by atoms with Gasteiger partial charge in [0.15, 0.2) is 0 Å². The third-order valence-electron chi connectivity index (χ3n) is 3.45. The molecular formula is C18H21N3O2. The number of carbonyl (C=O) groups excluding carboxylic acids is 2. The molecule has 0 aliphatic heterocycles. The second kappa shape index (κ2) is 7.54. The monoisotopic (exact) mass is 311 g/mol. The molecule has 2 amide bonds. The van der Waals surface area contributed by atoms with Crippen LogP contribution >= 0.6 is 0 Å². The van der Waals surface area contributed by atoms with Gasteiger partial charge in [-0.25, -0.2) is 0 Å². The van der Waals surface area contributed by atoms with Crippen LogP contribution in [0.4, 0.5) is 5.69 Å². The van der Waals surface area contributed by atoms with E-state index in [4.69, 9.17) is 0 Å². The fourth-order valence-corrected chi connectivity index (χ4v) is 2.14. The number of hydrogen-bond donors (Lipinski definition) is 2. The number of hydrogen-bond acceptors (Lipinski definition) is 3. The molecule has 0 spiro atoms. The Labute approximate surface area is 136 Å². The van der Waals surface area contributed by atoms with Crippen LogP contribution in [0.15, 0.2) is 36.5 Å². The molecule has 0 fully saturated rings. The molecule has 1 heterocycles. The van der Waals surface area contributed by atoms with Gasteiger partial charge in [0.1, 0.15) is 0 Å². The number of nitrogens with zero attached hydrogens (tertiary/aromatic N) is 1. The lowest BCUT2D eigenvalue weighted by molar-refractivity contribution is -0.115. The molecule has 0 radical (unpaired) electrons. The van der Waals surface area contributed by atoms with Crippen LogP contribution in [-0.4, -0.2) is 23.3 Å². The standard InChI is InChI=1S/C18H21N3O2/c1-4-19-18(23)15-8-5-12(2)16(10-15)21-17(22)9-14-7-6-13(3)20-11-14/h5-8,10-11H,4,9H2,1-3H3,(H,19,23)(H,21,22). The zero-order valence-electron chi connectivity index (χ0n) is 13.6. The van der Waals surface area contributed by atoms with Gasteiger partial charge >= 0.3 is 0 Å². The van der Waals surface area contributed by atoms with E-state index in [1.807, 2.05) is 39.0 Å². The Morgan fingerprint density at radius 2 is 1.91 bits per heavy atom. The van der Waals surface area contributed by atoms with Crippen molar-refractivity contribution in [1.29, 1.82) is 0 Å². The van der Waals surface area contributed by atoms with E-state index < -0.39 is 0 Å². The van der Waals surface area contributed by atoms with Crippen LogP contribution in [0.3, 0.4) is 0 Å². The first-order chi connectivity index (χ1) is 11.0. The molecule has 0 aliphatic rings. The van der Waals surface area contributed by atoms with Crippen molar-refractivity contribution in [2.24, 2.45) is 0 Å². The summed E-state index contributed by atoms with van der Waals surface area (Å²) in [6.45, 7) is 6.23. The zero-order chi connectivity index (χ0) is 16.8. The van der Waals surface area contributed by atoms with Crippen LogP contribution in [0.5, 0.6) is 0 Å². The van der Waals surface area contributed by atoms with Gasteiger partial charge in [0.25, 0.3) is 5.91 Å². The Morgan fingerprint density at radius 3 is 2.57 bits per heavy atom. The third-order valence-corrected chi connectivity index (χ3v) is 3.45. The highest BCUT2D eigenvalue weighted by molar-refractivity contribution is 5.98. The van der Waals surface area contributed by atoms with Crippen molar-refractivity contribution in [3.63, 3.8) is 0 Å². The van der Waals surface area contributed by atoms with Crippen LogP contribution < -0.4 is 10.6 Å². The Morgan fingerprint density at radius 1 is 1.13 bits per heavy atom. The van der Waals surface area contributed by atoms with Gasteiger partial charge in [0, 0.05) is 29.7 Å². The zero-order valence-corrected chi connectivity index (χ0v) is 13.6. The maximum atomic E-state index is 12.2. The number of pyridine rings is 1. The summed E-state index contributed by atoms with van der Waals surface area (Å²) >= 11 is 0. The molecule has 0 saturated carbocycles. The molecule has 0 bridgehead atoms. The average Bonchev–Trinajstić information content (AvgIpc) is 2.52. The van der Waals surface area contributed by atoms with Crippen LogP contribution in [0, 0.1) is 13.8 Å². The minimum absolute atomic E-state index is 0.133. The van der Waals surface area contributed by atoms with Crippen molar-refractivity contribution in [3.05, 3.63) is 58.9 Å². The van der Waals surface area contributed by atoms with Crippen LogP contribution in [-0.2, 0) is 11.2 Å². The smallest absolute Gasteiger partial charge is 0.251 e. The Hall–Kier alpha value is -2.69. The van der Waals surface area contributed by atoms with Crippen molar-refractivity contribution in [3.8, 4) is 0 Å². The van der Waals surface area contributed by atoms with E-state index in [0.29, 0.717) is 17.8 Å². The lowest BCUT2D eigenvalue weighted by atomic mass is 10.1. The maximum absolute atomic E-state index is 12.2. The average molecular weight is 311 g/mol. The number of aromatic nitrogens is 1. The second-order valence-electron chi connectivity index (χ2n) is 5.42. The highest BCUT2D eigenvalue weighted by Crippen LogP contribution is 2.17. The molecule has 2 rings (SSSR count). The highest BCUT2D eigenvalue weighted by Gasteiger charge is 2.10. The van der Waals surface area contributed by atoms with Gasteiger partial charge in [0.05, 0.1) is 6.42 Å². The van der Waals surface area contributed by atoms with Crippen LogP contribution in [0.1, 0.15) is 34.1 Å². The summed E-state index contributed by atoms with van der Waals surface area (Å²) in [5.41, 5.74) is 3.86. The van der Waals surface area contributed by atoms with Gasteiger partial charge in [-0.05, 0) is 50.1 Å². The summed E-state index contributed by atoms with van der Waals surface area (Å²) in [7, 11) is 0. The molecule has 23 heavy (non-hydrogen) atoms. The van der Waals surface area contributed by atoms with Crippen molar-refractivity contribution >= 4 is 17.5 Å². The second-order valence-corrected chi connectivity index (χ2v) is 5.42. The molecule has 1 aromatic heterocycles. The summed E-state index contributed by atoms with van der Waals surface area (Å²) < 4.78 is 0. The number of benzene rings is 1. The molecular weight excluding hydrogens is 290 g/mol. The summed E-state index contributed by atoms with van der Waals surface area (Å²) in [5, 5.41) is 5.61. The first-order valence-corrected chi connectivity index (χ1v) is 7.60. The lowest BCUT2D eigenvalue weighted by Crippen LogP contribution is -2.23. The fourth-order valence-electron chi connectivity index (χ4n) is 2.14. The van der Waals surface area contributed by atoms with Crippen LogP contribution in [0.25, 0.3) is 0 Å². The van der Waals surface area contributed by atoms with E-state index in [2.05, 4.69) is 15.6 Å². The number of carbonyl (C=O) groups is 2. The SMILES string of the molecule is CCNC(=O)c1ccc(C)c(NC(=O)Cc2ccc(C)nc2)c1. The van der Waals surface area contributed by atoms with Gasteiger partial charge in [-0.2, -0.15) is 0 Å². The van der Waals surface area contributed by atoms with E-state index in [-0.39, 0.29) is 18.2 Å². The van der Waals surface area contributed by atoms with Gasteiger partial charge in [0.2, 0.25) is 5.91 Å². The third kappa shape index (κ3) is 4.64. The molecule has 2 N–H and O–H groups in total. The Bertz CT molecular complexity index is 709. The Kier molecular flexibility index (Phi) is 5.46. The number of rotatable bonds is 5. The molecule has 5 nitrogen and oxygen atoms in total. The summed E-state index contributed by atoms with van der Waals surface area (Å²) in [6, 6.07) is 9.04. The number of aryl methyl sites for hydroxylation is 2. The van der Waals surface area contributed by atoms with E-state index in [9.17, 15) is 9.59 Å². The fraction of sp³-hybridized carbons (Fsp3) is 0.278. The molecule has 1 aromatic carbocycles. The minimum Gasteiger partial charge on any atom is -0.352 e. The van der Waals surface area contributed by atoms with Crippen molar-refractivity contribution in [2.75, 3.05) is 11.9 Å². The minimum atomic E-state index is -0.147. The topological polar surface area (TPSA) is 71.1 Å². The maximum Gasteiger partial charge on any atom is 0.251 e. The quantitative estimate of drug-likeness (QED) is 0.891. The van der Waals surface area contributed by atoms with Crippen molar-refractivity contribution in [2.45, 2.75) is 27.2 Å². The molecule has 0 aliphatic carbocycles. The summed E-state index contributed by atoms with van der Waals surface area (Å²) in [5.74, 6) is -0.280. The van der Waals surface area contributed by atoms with E-state index in [1.165, 1.54) is 0 Å². The molecule has 2 aromatic rings. The number of nitrogens with one attached hydrogen (secondary N) is 2. The predicted molar refractivity (Wildman–Crippen MR) is 90.5 cm³/mol. The molecule has 120 valence electrons. The van der Waals surface area contributed by atoms with Crippen LogP contribution in [0.2, 0.25) is 0 Å². The molecule has 5 heteroatoms. The van der Waals surface area contributed by atoms with E-state index in [0.717, 1.165) is 16.8 Å². The predicted octanol–water partition coefficient (Wildman–Crippen LogP) is 2.63. The van der Waals surface area contributed by atoms with Gasteiger partial charge in [-0.1, -0.05) is 12.1 Å². The van der Waals surface area contributed by atoms with Gasteiger partial charge in [-0.3, -0.25) is 14.6 Å². The first-order valence-electron chi connectivity index (χ1n) is 7.60. The van der Waals surface area contributed by atoms with Gasteiger partial charge in [-0.15, -0.1) is 0 Å². The first kappa shape index (κ1) is 16.7. The Balaban J connectivity index is 2.09. The molecule has 0 atom stereocenters. The summed E-state index contributed by atoms with van der Waals surface area (Å²) in [6.07, 6.45) is 1.95. The van der Waals surface area contributed by atoms with E-state index >= 15 is 0 Å². The number of anilines is 1. The highest BCUT2D eigenvalue weighted by atomic mass is 16.2. The summed E-state index contributed by atoms with van der Waals surface area (Å²) in [4.78, 5) is 28.3. The molecule has 0 unspecified atom stereocenters. The normalized spacial score (nSPS) is 10.2. The van der Waals surface area contributed by atoms with E-state index in [1.54, 1.807) is 18.3 Å². The lowest BCUT2D eigenvalue weighted by Gasteiger charge is -2.11. The van der Waals surface area contributed by atoms with Gasteiger partial charge < -0.3 is 10.6 Å².